The minimum atomic E-state index is -0.323. The summed E-state index contributed by atoms with van der Waals surface area (Å²) in [5, 5.41) is 12.1. The summed E-state index contributed by atoms with van der Waals surface area (Å²) in [5.41, 5.74) is 4.51. The summed E-state index contributed by atoms with van der Waals surface area (Å²) in [7, 11) is 0. The maximum absolute atomic E-state index is 11.2. The van der Waals surface area contributed by atoms with Crippen molar-refractivity contribution in [3.05, 3.63) is 64.3 Å². The van der Waals surface area contributed by atoms with Gasteiger partial charge in [-0.1, -0.05) is 30.3 Å². The molecule has 0 radical (unpaired) electrons. The van der Waals surface area contributed by atoms with Crippen LogP contribution < -0.4 is 4.90 Å². The van der Waals surface area contributed by atoms with Crippen molar-refractivity contribution < 1.29 is 9.82 Å². The fourth-order valence-corrected chi connectivity index (χ4v) is 3.89. The minimum absolute atomic E-state index is 0.139. The van der Waals surface area contributed by atoms with E-state index in [-0.39, 0.29) is 10.6 Å². The number of likely N-dealkylation sites (tertiary alicyclic amines) is 1. The number of H-pyrrole nitrogens is 1. The molecule has 0 amide bonds. The summed E-state index contributed by atoms with van der Waals surface area (Å²) in [6.45, 7) is 3.33. The number of piperidine rings is 1. The van der Waals surface area contributed by atoms with Gasteiger partial charge < -0.3 is 9.88 Å². The molecular formula is C20H22N3O2+. The Kier molecular flexibility index (Phi) is 4.24. The van der Waals surface area contributed by atoms with E-state index in [0.29, 0.717) is 0 Å². The molecule has 5 heteroatoms. The van der Waals surface area contributed by atoms with Gasteiger partial charge in [-0.25, -0.2) is 0 Å². The van der Waals surface area contributed by atoms with Crippen LogP contribution in [0.2, 0.25) is 0 Å². The number of benzene rings is 2. The molecule has 0 aliphatic carbocycles. The van der Waals surface area contributed by atoms with Crippen molar-refractivity contribution in [2.75, 3.05) is 13.1 Å². The number of aromatic nitrogens is 1. The first kappa shape index (κ1) is 15.8. The molecule has 1 fully saturated rings. The highest BCUT2D eigenvalue weighted by Crippen LogP contribution is 2.34. The zero-order valence-electron chi connectivity index (χ0n) is 14.1. The van der Waals surface area contributed by atoms with Gasteiger partial charge >= 0.3 is 0 Å². The molecule has 1 aromatic heterocycles. The van der Waals surface area contributed by atoms with Gasteiger partial charge in [0.05, 0.1) is 23.7 Å². The molecule has 2 N–H and O–H groups in total. The average molecular weight is 336 g/mol. The lowest BCUT2D eigenvalue weighted by Crippen LogP contribution is -3.11. The van der Waals surface area contributed by atoms with Crippen molar-refractivity contribution in [2.24, 2.45) is 0 Å². The van der Waals surface area contributed by atoms with E-state index in [2.05, 4.69) is 17.1 Å². The first-order valence-electron chi connectivity index (χ1n) is 8.90. The Labute approximate surface area is 146 Å². The zero-order chi connectivity index (χ0) is 17.2. The lowest BCUT2D eigenvalue weighted by molar-refractivity contribution is -0.918. The van der Waals surface area contributed by atoms with Crippen LogP contribution in [0.3, 0.4) is 0 Å². The third-order valence-electron chi connectivity index (χ3n) is 5.12. The van der Waals surface area contributed by atoms with Crippen molar-refractivity contribution in [1.29, 1.82) is 0 Å². The van der Waals surface area contributed by atoms with Gasteiger partial charge in [0.15, 0.2) is 0 Å². The van der Waals surface area contributed by atoms with Crippen molar-refractivity contribution in [1.82, 2.24) is 4.98 Å². The van der Waals surface area contributed by atoms with E-state index in [1.165, 1.54) is 38.0 Å². The standard InChI is InChI=1S/C20H21N3O2/c24-23(25)16-9-10-18-17(13-16)20(15-7-3-1-4-8-15)19(21-18)14-22-11-5-2-6-12-22/h1,3-4,7-10,13,21H,2,5-6,11-12,14H2/p+1. The molecule has 4 rings (SSSR count). The van der Waals surface area contributed by atoms with E-state index in [1.54, 1.807) is 17.0 Å². The van der Waals surface area contributed by atoms with Gasteiger partial charge in [0.25, 0.3) is 5.69 Å². The largest absolute Gasteiger partial charge is 0.353 e. The number of aromatic amines is 1. The molecule has 0 saturated carbocycles. The Balaban J connectivity index is 1.84. The topological polar surface area (TPSA) is 63.4 Å². The third-order valence-corrected chi connectivity index (χ3v) is 5.12. The summed E-state index contributed by atoms with van der Waals surface area (Å²) in [5.74, 6) is 0. The molecule has 2 heterocycles. The van der Waals surface area contributed by atoms with Crippen LogP contribution >= 0.6 is 0 Å². The summed E-state index contributed by atoms with van der Waals surface area (Å²) in [6, 6.07) is 15.3. The molecule has 1 saturated heterocycles. The van der Waals surface area contributed by atoms with E-state index >= 15 is 0 Å². The Hall–Kier alpha value is -2.66. The third kappa shape index (κ3) is 3.15. The normalized spacial score (nSPS) is 15.5. The second-order valence-electron chi connectivity index (χ2n) is 6.82. The molecule has 3 aromatic rings. The molecule has 0 atom stereocenters. The SMILES string of the molecule is O=[N+]([O-])c1ccc2[nH]c(C[NH+]3CCCCC3)c(-c3ccccc3)c2c1. The van der Waals surface area contributed by atoms with E-state index in [0.717, 1.165) is 28.6 Å². The Morgan fingerprint density at radius 3 is 2.52 bits per heavy atom. The number of nitro benzene ring substituents is 1. The number of hydrogen-bond acceptors (Lipinski definition) is 2. The number of nitrogens with one attached hydrogen (secondary N) is 2. The molecule has 25 heavy (non-hydrogen) atoms. The van der Waals surface area contributed by atoms with Crippen LogP contribution in [0.15, 0.2) is 48.5 Å². The van der Waals surface area contributed by atoms with Crippen LogP contribution in [0.5, 0.6) is 0 Å². The van der Waals surface area contributed by atoms with Crippen LogP contribution in [-0.4, -0.2) is 23.0 Å². The van der Waals surface area contributed by atoms with Gasteiger partial charge in [-0.15, -0.1) is 0 Å². The van der Waals surface area contributed by atoms with Gasteiger partial charge in [-0.3, -0.25) is 10.1 Å². The summed E-state index contributed by atoms with van der Waals surface area (Å²) in [6.07, 6.45) is 3.89. The predicted octanol–water partition coefficient (Wildman–Crippen LogP) is 3.31. The van der Waals surface area contributed by atoms with Gasteiger partial charge in [0.1, 0.15) is 6.54 Å². The Morgan fingerprint density at radius 1 is 1.04 bits per heavy atom. The number of nitrogens with zero attached hydrogens (tertiary/aromatic N) is 1. The number of fused-ring (bicyclic) bond motifs is 1. The first-order valence-corrected chi connectivity index (χ1v) is 8.90. The number of rotatable bonds is 4. The summed E-state index contributed by atoms with van der Waals surface area (Å²) < 4.78 is 0. The predicted molar refractivity (Wildman–Crippen MR) is 98.6 cm³/mol. The van der Waals surface area contributed by atoms with E-state index < -0.39 is 0 Å². The van der Waals surface area contributed by atoms with Crippen molar-refractivity contribution in [2.45, 2.75) is 25.8 Å². The lowest BCUT2D eigenvalue weighted by Gasteiger charge is -2.23. The van der Waals surface area contributed by atoms with Crippen LogP contribution in [0, 0.1) is 10.1 Å². The van der Waals surface area contributed by atoms with Crippen molar-refractivity contribution in [3.8, 4) is 11.1 Å². The van der Waals surface area contributed by atoms with Crippen LogP contribution in [0.1, 0.15) is 25.0 Å². The van der Waals surface area contributed by atoms with Crippen molar-refractivity contribution >= 4 is 16.6 Å². The van der Waals surface area contributed by atoms with Crippen molar-refractivity contribution in [3.63, 3.8) is 0 Å². The second-order valence-corrected chi connectivity index (χ2v) is 6.82. The number of nitro groups is 1. The number of hydrogen-bond donors (Lipinski definition) is 2. The monoisotopic (exact) mass is 336 g/mol. The molecular weight excluding hydrogens is 314 g/mol. The fraction of sp³-hybridized carbons (Fsp3) is 0.300. The molecule has 2 aromatic carbocycles. The van der Waals surface area contributed by atoms with E-state index in [9.17, 15) is 10.1 Å². The molecule has 0 unspecified atom stereocenters. The minimum Gasteiger partial charge on any atom is -0.353 e. The molecule has 128 valence electrons. The highest BCUT2D eigenvalue weighted by Gasteiger charge is 2.21. The van der Waals surface area contributed by atoms with Crippen LogP contribution in [0.4, 0.5) is 5.69 Å². The molecule has 5 nitrogen and oxygen atoms in total. The maximum Gasteiger partial charge on any atom is 0.270 e. The van der Waals surface area contributed by atoms with Crippen LogP contribution in [0.25, 0.3) is 22.0 Å². The van der Waals surface area contributed by atoms with Gasteiger partial charge in [0.2, 0.25) is 0 Å². The molecule has 0 bridgehead atoms. The molecule has 1 aliphatic heterocycles. The van der Waals surface area contributed by atoms with E-state index in [1.807, 2.05) is 24.3 Å². The van der Waals surface area contributed by atoms with E-state index in [4.69, 9.17) is 0 Å². The Bertz CT molecular complexity index is 896. The molecule has 1 aliphatic rings. The van der Waals surface area contributed by atoms with Gasteiger partial charge in [-0.2, -0.15) is 0 Å². The maximum atomic E-state index is 11.2. The first-order chi connectivity index (χ1) is 12.2. The number of quaternary nitrogens is 1. The zero-order valence-corrected chi connectivity index (χ0v) is 14.1. The lowest BCUT2D eigenvalue weighted by atomic mass is 10.0. The highest BCUT2D eigenvalue weighted by atomic mass is 16.6. The summed E-state index contributed by atoms with van der Waals surface area (Å²) >= 11 is 0. The quantitative estimate of drug-likeness (QED) is 0.567. The highest BCUT2D eigenvalue weighted by molar-refractivity contribution is 5.98. The Morgan fingerprint density at radius 2 is 1.80 bits per heavy atom. The second kappa shape index (κ2) is 6.69. The smallest absolute Gasteiger partial charge is 0.270 e. The summed E-state index contributed by atoms with van der Waals surface area (Å²) in [4.78, 5) is 16.0. The fourth-order valence-electron chi connectivity index (χ4n) is 3.89. The average Bonchev–Trinajstić information content (AvgIpc) is 3.00. The molecule has 0 spiro atoms. The van der Waals surface area contributed by atoms with Gasteiger partial charge in [-0.05, 0) is 30.9 Å². The van der Waals surface area contributed by atoms with Crippen LogP contribution in [-0.2, 0) is 6.54 Å². The van der Waals surface area contributed by atoms with Gasteiger partial charge in [0, 0.05) is 28.6 Å². The number of non-ortho nitro benzene ring substituents is 1.